The Bertz CT molecular complexity index is 366. The van der Waals surface area contributed by atoms with Crippen molar-refractivity contribution in [2.24, 2.45) is 23.7 Å². The molecule has 0 radical (unpaired) electrons. The van der Waals surface area contributed by atoms with Gasteiger partial charge in [-0.2, -0.15) is 0 Å². The van der Waals surface area contributed by atoms with Crippen LogP contribution in [-0.4, -0.2) is 24.8 Å². The van der Waals surface area contributed by atoms with Crippen molar-refractivity contribution < 1.29 is 14.3 Å². The van der Waals surface area contributed by atoms with Gasteiger partial charge in [0.05, 0.1) is 12.5 Å². The van der Waals surface area contributed by atoms with Crippen LogP contribution in [0.4, 0.5) is 0 Å². The zero-order valence-corrected chi connectivity index (χ0v) is 11.2. The van der Waals surface area contributed by atoms with E-state index in [9.17, 15) is 4.79 Å². The summed E-state index contributed by atoms with van der Waals surface area (Å²) in [7, 11) is 0. The van der Waals surface area contributed by atoms with Crippen molar-refractivity contribution >= 4 is 5.97 Å². The highest BCUT2D eigenvalue weighted by molar-refractivity contribution is 5.74. The predicted molar refractivity (Wildman–Crippen MR) is 67.9 cm³/mol. The topological polar surface area (TPSA) is 35.5 Å². The number of hydrogen-bond donors (Lipinski definition) is 0. The predicted octanol–water partition coefficient (Wildman–Crippen LogP) is 2.56. The zero-order valence-electron chi connectivity index (χ0n) is 11.2. The summed E-state index contributed by atoms with van der Waals surface area (Å²) in [5.74, 6) is 1.49. The van der Waals surface area contributed by atoms with Gasteiger partial charge in [0.1, 0.15) is 5.60 Å². The molecule has 2 fully saturated rings. The lowest BCUT2D eigenvalue weighted by Crippen LogP contribution is -2.39. The second-order valence-corrected chi connectivity index (χ2v) is 6.47. The molecule has 1 heterocycles. The number of fused-ring (bicyclic) bond motifs is 2. The molecular formula is C15H22O3. The molecule has 4 atom stereocenters. The fraction of sp³-hybridized carbons (Fsp3) is 0.800. The van der Waals surface area contributed by atoms with Gasteiger partial charge in [-0.3, -0.25) is 4.79 Å². The number of carbonyl (C=O) groups excluding carboxylic acids is 1. The molecule has 3 rings (SSSR count). The summed E-state index contributed by atoms with van der Waals surface area (Å²) in [4.78, 5) is 12.3. The fourth-order valence-corrected chi connectivity index (χ4v) is 3.55. The third-order valence-corrected chi connectivity index (χ3v) is 4.86. The maximum atomic E-state index is 12.3. The molecule has 0 aromatic heterocycles. The van der Waals surface area contributed by atoms with E-state index >= 15 is 0 Å². The number of allylic oxidation sites excluding steroid dienone is 2. The average molecular weight is 250 g/mol. The fourth-order valence-electron chi connectivity index (χ4n) is 3.55. The summed E-state index contributed by atoms with van der Waals surface area (Å²) >= 11 is 0. The average Bonchev–Trinajstić information content (AvgIpc) is 3.05. The van der Waals surface area contributed by atoms with E-state index in [1.54, 1.807) is 0 Å². The van der Waals surface area contributed by atoms with Crippen LogP contribution in [0.3, 0.4) is 0 Å². The van der Waals surface area contributed by atoms with Gasteiger partial charge in [0, 0.05) is 12.5 Å². The number of carbonyl (C=O) groups is 1. The van der Waals surface area contributed by atoms with Crippen LogP contribution < -0.4 is 0 Å². The second kappa shape index (κ2) is 4.37. The van der Waals surface area contributed by atoms with E-state index in [1.807, 2.05) is 13.8 Å². The van der Waals surface area contributed by atoms with E-state index in [0.717, 1.165) is 32.5 Å². The highest BCUT2D eigenvalue weighted by Crippen LogP contribution is 2.44. The summed E-state index contributed by atoms with van der Waals surface area (Å²) in [5, 5.41) is 0. The molecule has 2 aliphatic carbocycles. The van der Waals surface area contributed by atoms with E-state index in [4.69, 9.17) is 9.47 Å². The molecule has 3 aliphatic rings. The normalized spacial score (nSPS) is 38.3. The van der Waals surface area contributed by atoms with Crippen LogP contribution in [0.2, 0.25) is 0 Å². The Morgan fingerprint density at radius 1 is 1.33 bits per heavy atom. The van der Waals surface area contributed by atoms with Gasteiger partial charge in [0.15, 0.2) is 0 Å². The molecule has 3 heteroatoms. The largest absolute Gasteiger partial charge is 0.459 e. The van der Waals surface area contributed by atoms with Gasteiger partial charge >= 0.3 is 5.97 Å². The molecule has 100 valence electrons. The highest BCUT2D eigenvalue weighted by atomic mass is 16.6. The molecule has 0 amide bonds. The lowest BCUT2D eigenvalue weighted by atomic mass is 9.89. The van der Waals surface area contributed by atoms with Gasteiger partial charge in [0.2, 0.25) is 0 Å². The molecule has 4 unspecified atom stereocenters. The van der Waals surface area contributed by atoms with E-state index in [2.05, 4.69) is 12.2 Å². The molecule has 1 saturated carbocycles. The van der Waals surface area contributed by atoms with Crippen LogP contribution in [0.15, 0.2) is 12.2 Å². The van der Waals surface area contributed by atoms with Gasteiger partial charge in [0.25, 0.3) is 0 Å². The van der Waals surface area contributed by atoms with Crippen LogP contribution in [0.25, 0.3) is 0 Å². The number of hydrogen-bond acceptors (Lipinski definition) is 3. The maximum Gasteiger partial charge on any atom is 0.310 e. The molecule has 2 bridgehead atoms. The van der Waals surface area contributed by atoms with Crippen molar-refractivity contribution in [3.05, 3.63) is 12.2 Å². The zero-order chi connectivity index (χ0) is 12.8. The minimum Gasteiger partial charge on any atom is -0.459 e. The molecule has 0 spiro atoms. The highest BCUT2D eigenvalue weighted by Gasteiger charge is 2.44. The van der Waals surface area contributed by atoms with Crippen molar-refractivity contribution in [3.63, 3.8) is 0 Å². The van der Waals surface area contributed by atoms with Gasteiger partial charge in [-0.15, -0.1) is 0 Å². The minimum atomic E-state index is -0.390. The third kappa shape index (κ3) is 2.09. The van der Waals surface area contributed by atoms with Crippen molar-refractivity contribution in [2.45, 2.75) is 38.7 Å². The van der Waals surface area contributed by atoms with E-state index in [0.29, 0.717) is 17.8 Å². The monoisotopic (exact) mass is 250 g/mol. The lowest BCUT2D eigenvalue weighted by molar-refractivity contribution is -0.167. The molecule has 18 heavy (non-hydrogen) atoms. The molecule has 0 N–H and O–H groups in total. The van der Waals surface area contributed by atoms with Gasteiger partial charge in [-0.05, 0) is 44.9 Å². The lowest BCUT2D eigenvalue weighted by Gasteiger charge is -2.32. The summed E-state index contributed by atoms with van der Waals surface area (Å²) in [6.45, 7) is 5.56. The summed E-state index contributed by atoms with van der Waals surface area (Å²) in [5.41, 5.74) is -0.390. The van der Waals surface area contributed by atoms with Crippen molar-refractivity contribution in [1.29, 1.82) is 0 Å². The standard InChI is InChI=1S/C15H22O3/c1-15(2,12-5-6-17-9-12)18-14(16)13-8-10-3-4-11(13)7-10/h3-4,10-13H,5-9H2,1-2H3. The Morgan fingerprint density at radius 2 is 2.17 bits per heavy atom. The first kappa shape index (κ1) is 12.2. The first-order valence-electron chi connectivity index (χ1n) is 7.05. The Kier molecular flexibility index (Phi) is 2.97. The van der Waals surface area contributed by atoms with Crippen LogP contribution in [-0.2, 0) is 14.3 Å². The SMILES string of the molecule is CC(C)(OC(=O)C1CC2C=CC1C2)C1CCOC1. The van der Waals surface area contributed by atoms with E-state index < -0.39 is 0 Å². The summed E-state index contributed by atoms with van der Waals surface area (Å²) in [6.07, 6.45) is 7.58. The van der Waals surface area contributed by atoms with Crippen LogP contribution in [0, 0.1) is 23.7 Å². The molecular weight excluding hydrogens is 228 g/mol. The molecule has 1 saturated heterocycles. The number of ether oxygens (including phenoxy) is 2. The second-order valence-electron chi connectivity index (χ2n) is 6.47. The van der Waals surface area contributed by atoms with E-state index in [1.165, 1.54) is 0 Å². The minimum absolute atomic E-state index is 0.00347. The van der Waals surface area contributed by atoms with Crippen molar-refractivity contribution in [3.8, 4) is 0 Å². The Labute approximate surface area is 109 Å². The Balaban J connectivity index is 1.62. The van der Waals surface area contributed by atoms with Crippen molar-refractivity contribution in [1.82, 2.24) is 0 Å². The molecule has 3 nitrogen and oxygen atoms in total. The summed E-state index contributed by atoms with van der Waals surface area (Å²) in [6, 6.07) is 0. The quantitative estimate of drug-likeness (QED) is 0.570. The molecule has 1 aliphatic heterocycles. The van der Waals surface area contributed by atoms with Gasteiger partial charge in [-0.1, -0.05) is 12.2 Å². The third-order valence-electron chi connectivity index (χ3n) is 4.86. The van der Waals surface area contributed by atoms with Crippen LogP contribution >= 0.6 is 0 Å². The first-order chi connectivity index (χ1) is 8.56. The van der Waals surface area contributed by atoms with Crippen molar-refractivity contribution in [2.75, 3.05) is 13.2 Å². The van der Waals surface area contributed by atoms with Gasteiger partial charge < -0.3 is 9.47 Å². The first-order valence-corrected chi connectivity index (χ1v) is 7.05. The summed E-state index contributed by atoms with van der Waals surface area (Å²) < 4.78 is 11.2. The molecule has 0 aromatic carbocycles. The number of esters is 1. The maximum absolute atomic E-state index is 12.3. The van der Waals surface area contributed by atoms with Crippen LogP contribution in [0.1, 0.15) is 33.1 Å². The van der Waals surface area contributed by atoms with Gasteiger partial charge in [-0.25, -0.2) is 0 Å². The number of rotatable bonds is 3. The molecule has 0 aromatic rings. The smallest absolute Gasteiger partial charge is 0.310 e. The van der Waals surface area contributed by atoms with E-state index in [-0.39, 0.29) is 17.5 Å². The Morgan fingerprint density at radius 3 is 2.72 bits per heavy atom. The Hall–Kier alpha value is -0.830. The van der Waals surface area contributed by atoms with Crippen LogP contribution in [0.5, 0.6) is 0 Å².